The summed E-state index contributed by atoms with van der Waals surface area (Å²) in [5, 5.41) is 11.1. The van der Waals surface area contributed by atoms with Gasteiger partial charge < -0.3 is 10.2 Å². The Morgan fingerprint density at radius 3 is 2.50 bits per heavy atom. The lowest BCUT2D eigenvalue weighted by atomic mass is 10.1. The first-order valence-corrected chi connectivity index (χ1v) is 9.52. The first-order chi connectivity index (χ1) is 12.5. The van der Waals surface area contributed by atoms with Gasteiger partial charge in [0.25, 0.3) is 0 Å². The molecule has 1 unspecified atom stereocenters. The minimum atomic E-state index is -0.416. The van der Waals surface area contributed by atoms with Crippen molar-refractivity contribution in [2.24, 2.45) is 0 Å². The standard InChI is InChI=1S/C18H17FN4OS2/c1-23(2)16(24)15(12-8-4-3-5-9-12)25-18-22-21-17(26-18)20-14-11-7-6-10-13(14)19/h3-11,15H,1-2H3,(H,20,21). The van der Waals surface area contributed by atoms with Crippen LogP contribution in [0.25, 0.3) is 0 Å². The van der Waals surface area contributed by atoms with E-state index in [0.29, 0.717) is 15.2 Å². The van der Waals surface area contributed by atoms with Crippen LogP contribution in [0, 0.1) is 5.82 Å². The number of carbonyl (C=O) groups excluding carboxylic acids is 1. The lowest BCUT2D eigenvalue weighted by molar-refractivity contribution is -0.128. The third kappa shape index (κ3) is 4.39. The van der Waals surface area contributed by atoms with Crippen molar-refractivity contribution in [3.05, 3.63) is 66.0 Å². The van der Waals surface area contributed by atoms with Gasteiger partial charge in [-0.1, -0.05) is 65.6 Å². The number of para-hydroxylation sites is 1. The highest BCUT2D eigenvalue weighted by Gasteiger charge is 2.25. The van der Waals surface area contributed by atoms with Crippen molar-refractivity contribution < 1.29 is 9.18 Å². The molecule has 0 aliphatic heterocycles. The molecule has 2 aromatic carbocycles. The molecule has 0 bridgehead atoms. The zero-order valence-corrected chi connectivity index (χ0v) is 15.9. The highest BCUT2D eigenvalue weighted by atomic mass is 32.2. The summed E-state index contributed by atoms with van der Waals surface area (Å²) in [5.41, 5.74) is 1.24. The number of amides is 1. The van der Waals surface area contributed by atoms with E-state index < -0.39 is 5.25 Å². The van der Waals surface area contributed by atoms with E-state index in [1.807, 2.05) is 30.3 Å². The van der Waals surface area contributed by atoms with E-state index in [1.165, 1.54) is 29.2 Å². The number of nitrogens with one attached hydrogen (secondary N) is 1. The quantitative estimate of drug-likeness (QED) is 0.637. The molecule has 0 radical (unpaired) electrons. The van der Waals surface area contributed by atoms with Crippen LogP contribution >= 0.6 is 23.1 Å². The molecular formula is C18H17FN4OS2. The van der Waals surface area contributed by atoms with Crippen molar-refractivity contribution in [1.29, 1.82) is 0 Å². The molecule has 134 valence electrons. The fraction of sp³-hybridized carbons (Fsp3) is 0.167. The molecule has 1 aromatic heterocycles. The van der Waals surface area contributed by atoms with Crippen LogP contribution in [0.3, 0.4) is 0 Å². The number of carbonyl (C=O) groups is 1. The number of benzene rings is 2. The van der Waals surface area contributed by atoms with E-state index in [9.17, 15) is 9.18 Å². The number of rotatable bonds is 6. The van der Waals surface area contributed by atoms with E-state index in [0.717, 1.165) is 5.56 Å². The molecule has 0 fully saturated rings. The second-order valence-electron chi connectivity index (χ2n) is 5.62. The number of likely N-dealkylation sites (N-methyl/N-ethyl adjacent to an activating group) is 1. The lowest BCUT2D eigenvalue weighted by Gasteiger charge is -2.19. The Hall–Kier alpha value is -2.45. The second-order valence-corrected chi connectivity index (χ2v) is 7.95. The molecule has 26 heavy (non-hydrogen) atoms. The predicted molar refractivity (Wildman–Crippen MR) is 103 cm³/mol. The van der Waals surface area contributed by atoms with Crippen molar-refractivity contribution in [3.8, 4) is 0 Å². The molecular weight excluding hydrogens is 371 g/mol. The maximum absolute atomic E-state index is 13.7. The van der Waals surface area contributed by atoms with Crippen LogP contribution in [-0.2, 0) is 4.79 Å². The van der Waals surface area contributed by atoms with Gasteiger partial charge in [-0.15, -0.1) is 10.2 Å². The largest absolute Gasteiger partial charge is 0.348 e. The minimum absolute atomic E-state index is 0.0278. The van der Waals surface area contributed by atoms with Crippen LogP contribution in [-0.4, -0.2) is 35.1 Å². The van der Waals surface area contributed by atoms with Crippen LogP contribution in [0.15, 0.2) is 58.9 Å². The Morgan fingerprint density at radius 2 is 1.81 bits per heavy atom. The summed E-state index contributed by atoms with van der Waals surface area (Å²) in [7, 11) is 3.45. The van der Waals surface area contributed by atoms with Crippen LogP contribution < -0.4 is 5.32 Å². The first kappa shape index (κ1) is 18.3. The molecule has 0 saturated carbocycles. The highest BCUT2D eigenvalue weighted by molar-refractivity contribution is 8.01. The Balaban J connectivity index is 1.79. The number of halogens is 1. The number of aromatic nitrogens is 2. The van der Waals surface area contributed by atoms with E-state index in [2.05, 4.69) is 15.5 Å². The molecule has 0 saturated heterocycles. The molecule has 1 heterocycles. The molecule has 3 rings (SSSR count). The summed E-state index contributed by atoms with van der Waals surface area (Å²) >= 11 is 2.61. The van der Waals surface area contributed by atoms with Crippen LogP contribution in [0.4, 0.5) is 15.2 Å². The van der Waals surface area contributed by atoms with Gasteiger partial charge in [0.15, 0.2) is 4.34 Å². The maximum Gasteiger partial charge on any atom is 0.240 e. The van der Waals surface area contributed by atoms with Crippen molar-refractivity contribution in [3.63, 3.8) is 0 Å². The van der Waals surface area contributed by atoms with Crippen molar-refractivity contribution in [1.82, 2.24) is 15.1 Å². The van der Waals surface area contributed by atoms with Gasteiger partial charge in [-0.05, 0) is 17.7 Å². The summed E-state index contributed by atoms with van der Waals surface area (Å²) in [6.45, 7) is 0. The van der Waals surface area contributed by atoms with E-state index in [1.54, 1.807) is 37.2 Å². The average molecular weight is 388 g/mol. The van der Waals surface area contributed by atoms with E-state index in [-0.39, 0.29) is 11.7 Å². The van der Waals surface area contributed by atoms with Crippen LogP contribution in [0.2, 0.25) is 0 Å². The topological polar surface area (TPSA) is 58.1 Å². The third-order valence-electron chi connectivity index (χ3n) is 3.51. The fourth-order valence-electron chi connectivity index (χ4n) is 2.21. The molecule has 0 aliphatic rings. The normalized spacial score (nSPS) is 11.8. The van der Waals surface area contributed by atoms with Gasteiger partial charge in [0.2, 0.25) is 11.0 Å². The Morgan fingerprint density at radius 1 is 1.12 bits per heavy atom. The number of anilines is 2. The van der Waals surface area contributed by atoms with Gasteiger partial charge in [-0.3, -0.25) is 4.79 Å². The van der Waals surface area contributed by atoms with Crippen molar-refractivity contribution in [2.45, 2.75) is 9.59 Å². The molecule has 8 heteroatoms. The summed E-state index contributed by atoms with van der Waals surface area (Å²) in [4.78, 5) is 14.1. The molecule has 3 aromatic rings. The van der Waals surface area contributed by atoms with Crippen LogP contribution in [0.5, 0.6) is 0 Å². The molecule has 0 spiro atoms. The number of nitrogens with zero attached hydrogens (tertiary/aromatic N) is 3. The molecule has 1 amide bonds. The zero-order valence-electron chi connectivity index (χ0n) is 14.2. The number of hydrogen-bond donors (Lipinski definition) is 1. The van der Waals surface area contributed by atoms with Crippen molar-refractivity contribution >= 4 is 39.8 Å². The van der Waals surface area contributed by atoms with Gasteiger partial charge in [0.1, 0.15) is 11.1 Å². The third-order valence-corrected chi connectivity index (χ3v) is 5.67. The summed E-state index contributed by atoms with van der Waals surface area (Å²) in [5.74, 6) is -0.387. The van der Waals surface area contributed by atoms with Crippen molar-refractivity contribution in [2.75, 3.05) is 19.4 Å². The number of hydrogen-bond acceptors (Lipinski definition) is 6. The van der Waals surface area contributed by atoms with Crippen LogP contribution in [0.1, 0.15) is 10.8 Å². The van der Waals surface area contributed by atoms with Gasteiger partial charge in [-0.25, -0.2) is 4.39 Å². The first-order valence-electron chi connectivity index (χ1n) is 7.82. The zero-order chi connectivity index (χ0) is 18.5. The van der Waals surface area contributed by atoms with E-state index >= 15 is 0 Å². The lowest BCUT2D eigenvalue weighted by Crippen LogP contribution is -2.26. The monoisotopic (exact) mass is 388 g/mol. The molecule has 5 nitrogen and oxygen atoms in total. The molecule has 1 N–H and O–H groups in total. The smallest absolute Gasteiger partial charge is 0.240 e. The van der Waals surface area contributed by atoms with Gasteiger partial charge >= 0.3 is 0 Å². The summed E-state index contributed by atoms with van der Waals surface area (Å²) < 4.78 is 14.4. The van der Waals surface area contributed by atoms with E-state index in [4.69, 9.17) is 0 Å². The highest BCUT2D eigenvalue weighted by Crippen LogP contribution is 2.39. The number of thioether (sulfide) groups is 1. The predicted octanol–water partition coefficient (Wildman–Crippen LogP) is 4.34. The SMILES string of the molecule is CN(C)C(=O)C(Sc1nnc(Nc2ccccc2F)s1)c1ccccc1. The summed E-state index contributed by atoms with van der Waals surface area (Å²) in [6.07, 6.45) is 0. The van der Waals surface area contributed by atoms with Gasteiger partial charge in [0.05, 0.1) is 5.69 Å². The van der Waals surface area contributed by atoms with Gasteiger partial charge in [0, 0.05) is 14.1 Å². The fourth-order valence-corrected chi connectivity index (χ4v) is 4.31. The maximum atomic E-state index is 13.7. The van der Waals surface area contributed by atoms with Gasteiger partial charge in [-0.2, -0.15) is 0 Å². The Labute approximate surface area is 159 Å². The Bertz CT molecular complexity index is 886. The summed E-state index contributed by atoms with van der Waals surface area (Å²) in [6, 6.07) is 15.9. The molecule has 0 aliphatic carbocycles. The minimum Gasteiger partial charge on any atom is -0.348 e. The Kier molecular flexibility index (Phi) is 5.85. The molecule has 1 atom stereocenters. The second kappa shape index (κ2) is 8.29. The average Bonchev–Trinajstić information content (AvgIpc) is 3.09.